The molecule has 0 spiro atoms. The molecule has 2 rings (SSSR count). The zero-order valence-electron chi connectivity index (χ0n) is 14.8. The van der Waals surface area contributed by atoms with Gasteiger partial charge in [-0.05, 0) is 36.6 Å². The first kappa shape index (κ1) is 19.1. The van der Waals surface area contributed by atoms with Crippen LogP contribution in [0.2, 0.25) is 0 Å². The van der Waals surface area contributed by atoms with Crippen LogP contribution >= 0.6 is 0 Å². The lowest BCUT2D eigenvalue weighted by Gasteiger charge is -2.19. The van der Waals surface area contributed by atoms with E-state index in [1.165, 1.54) is 9.87 Å². The topological polar surface area (TPSA) is 66.5 Å². The van der Waals surface area contributed by atoms with E-state index in [9.17, 15) is 13.2 Å². The fraction of sp³-hybridized carbons (Fsp3) is 0.316. The summed E-state index contributed by atoms with van der Waals surface area (Å²) >= 11 is 0. The summed E-state index contributed by atoms with van der Waals surface area (Å²) in [5.41, 5.74) is 3.78. The van der Waals surface area contributed by atoms with Gasteiger partial charge in [-0.3, -0.25) is 4.79 Å². The van der Waals surface area contributed by atoms with Crippen molar-refractivity contribution >= 4 is 21.6 Å². The van der Waals surface area contributed by atoms with E-state index in [4.69, 9.17) is 0 Å². The fourth-order valence-electron chi connectivity index (χ4n) is 2.37. The van der Waals surface area contributed by atoms with E-state index in [-0.39, 0.29) is 19.0 Å². The number of carbonyl (C=O) groups is 1. The minimum Gasteiger partial charge on any atom is -0.325 e. The van der Waals surface area contributed by atoms with Crippen molar-refractivity contribution in [1.29, 1.82) is 0 Å². The fourth-order valence-corrected chi connectivity index (χ4v) is 3.11. The molecule has 0 saturated carbocycles. The summed E-state index contributed by atoms with van der Waals surface area (Å²) in [6.07, 6.45) is 2.04. The highest BCUT2D eigenvalue weighted by Crippen LogP contribution is 2.12. The first-order chi connectivity index (χ1) is 11.8. The lowest BCUT2D eigenvalue weighted by molar-refractivity contribution is -0.116. The van der Waals surface area contributed by atoms with Crippen LogP contribution < -0.4 is 5.32 Å². The number of rotatable bonds is 7. The smallest absolute Gasteiger partial charge is 0.239 e. The predicted molar refractivity (Wildman–Crippen MR) is 101 cm³/mol. The van der Waals surface area contributed by atoms with Gasteiger partial charge in [0.05, 0.1) is 12.8 Å². The number of benzene rings is 2. The minimum absolute atomic E-state index is 0.168. The van der Waals surface area contributed by atoms with Crippen LogP contribution in [-0.2, 0) is 27.8 Å². The Labute approximate surface area is 149 Å². The quantitative estimate of drug-likeness (QED) is 0.825. The molecule has 1 amide bonds. The van der Waals surface area contributed by atoms with Crippen molar-refractivity contribution < 1.29 is 13.2 Å². The van der Waals surface area contributed by atoms with Crippen LogP contribution in [0.5, 0.6) is 0 Å². The first-order valence-electron chi connectivity index (χ1n) is 8.17. The maximum absolute atomic E-state index is 12.3. The molecule has 2 aromatic rings. The van der Waals surface area contributed by atoms with Crippen molar-refractivity contribution in [1.82, 2.24) is 4.31 Å². The predicted octanol–water partition coefficient (Wildman–Crippen LogP) is 2.96. The lowest BCUT2D eigenvalue weighted by Crippen LogP contribution is -2.36. The number of anilines is 1. The molecule has 0 radical (unpaired) electrons. The summed E-state index contributed by atoms with van der Waals surface area (Å²) < 4.78 is 25.2. The molecule has 0 aliphatic heterocycles. The molecule has 0 unspecified atom stereocenters. The highest BCUT2D eigenvalue weighted by Gasteiger charge is 2.20. The molecule has 0 aromatic heterocycles. The van der Waals surface area contributed by atoms with E-state index in [1.54, 1.807) is 0 Å². The van der Waals surface area contributed by atoms with Gasteiger partial charge in [-0.1, -0.05) is 48.9 Å². The number of nitrogens with zero attached hydrogens (tertiary/aromatic N) is 1. The van der Waals surface area contributed by atoms with Gasteiger partial charge in [0.15, 0.2) is 0 Å². The molecule has 0 fully saturated rings. The molecule has 134 valence electrons. The summed E-state index contributed by atoms with van der Waals surface area (Å²) in [5.74, 6) is -0.359. The molecule has 6 heteroatoms. The number of amides is 1. The average molecular weight is 360 g/mol. The van der Waals surface area contributed by atoms with Crippen LogP contribution in [0, 0.1) is 6.92 Å². The summed E-state index contributed by atoms with van der Waals surface area (Å²) in [6.45, 7) is 3.97. The van der Waals surface area contributed by atoms with Crippen LogP contribution in [0.3, 0.4) is 0 Å². The Bertz CT molecular complexity index is 813. The zero-order valence-corrected chi connectivity index (χ0v) is 15.6. The lowest BCUT2D eigenvalue weighted by atomic mass is 10.1. The molecule has 1 N–H and O–H groups in total. The Morgan fingerprint density at radius 3 is 2.08 bits per heavy atom. The summed E-state index contributed by atoms with van der Waals surface area (Å²) in [5, 5.41) is 2.75. The van der Waals surface area contributed by atoms with Crippen LogP contribution in [0.4, 0.5) is 5.69 Å². The zero-order chi connectivity index (χ0) is 18.4. The average Bonchev–Trinajstić information content (AvgIpc) is 2.56. The Morgan fingerprint density at radius 1 is 1.00 bits per heavy atom. The second kappa shape index (κ2) is 8.27. The monoisotopic (exact) mass is 360 g/mol. The van der Waals surface area contributed by atoms with Crippen molar-refractivity contribution in [2.24, 2.45) is 0 Å². The first-order valence-corrected chi connectivity index (χ1v) is 10.0. The Morgan fingerprint density at radius 2 is 1.56 bits per heavy atom. The Kier molecular flexibility index (Phi) is 6.33. The second-order valence-electron chi connectivity index (χ2n) is 6.12. The van der Waals surface area contributed by atoms with Gasteiger partial charge in [-0.25, -0.2) is 8.42 Å². The van der Waals surface area contributed by atoms with Crippen LogP contribution in [0.1, 0.15) is 23.6 Å². The highest BCUT2D eigenvalue weighted by molar-refractivity contribution is 7.88. The van der Waals surface area contributed by atoms with E-state index < -0.39 is 10.0 Å². The van der Waals surface area contributed by atoms with E-state index in [0.717, 1.165) is 23.8 Å². The molecular weight excluding hydrogens is 336 g/mol. The van der Waals surface area contributed by atoms with E-state index in [0.29, 0.717) is 5.69 Å². The summed E-state index contributed by atoms with van der Waals surface area (Å²) in [4.78, 5) is 12.3. The summed E-state index contributed by atoms with van der Waals surface area (Å²) in [7, 11) is -3.50. The highest BCUT2D eigenvalue weighted by atomic mass is 32.2. The number of carbonyl (C=O) groups excluding carboxylic acids is 1. The van der Waals surface area contributed by atoms with Crippen LogP contribution in [0.25, 0.3) is 0 Å². The van der Waals surface area contributed by atoms with Crippen LogP contribution in [0.15, 0.2) is 48.5 Å². The second-order valence-corrected chi connectivity index (χ2v) is 8.10. The molecule has 0 heterocycles. The minimum atomic E-state index is -3.50. The largest absolute Gasteiger partial charge is 0.325 e. The standard InChI is InChI=1S/C19H24N2O3S/c1-4-16-9-11-18(12-10-16)20-19(22)14-21(25(3,23)24)13-17-7-5-15(2)6-8-17/h5-12H,4,13-14H2,1-3H3,(H,20,22). The summed E-state index contributed by atoms with van der Waals surface area (Å²) in [6, 6.07) is 15.1. The van der Waals surface area contributed by atoms with Crippen LogP contribution in [-0.4, -0.2) is 31.4 Å². The van der Waals surface area contributed by atoms with E-state index in [1.807, 2.05) is 55.5 Å². The number of sulfonamides is 1. The van der Waals surface area contributed by atoms with Gasteiger partial charge in [0.1, 0.15) is 0 Å². The van der Waals surface area contributed by atoms with Crippen molar-refractivity contribution in [3.8, 4) is 0 Å². The van der Waals surface area contributed by atoms with Gasteiger partial charge >= 0.3 is 0 Å². The van der Waals surface area contributed by atoms with Crippen molar-refractivity contribution in [3.05, 3.63) is 65.2 Å². The molecule has 0 bridgehead atoms. The van der Waals surface area contributed by atoms with Gasteiger partial charge in [0.25, 0.3) is 0 Å². The third-order valence-corrected chi connectivity index (χ3v) is 5.11. The molecule has 0 saturated heterocycles. The van der Waals surface area contributed by atoms with Gasteiger partial charge < -0.3 is 5.32 Å². The molecule has 25 heavy (non-hydrogen) atoms. The molecule has 5 nitrogen and oxygen atoms in total. The van der Waals surface area contributed by atoms with Gasteiger partial charge in [0.2, 0.25) is 15.9 Å². The number of hydrogen-bond acceptors (Lipinski definition) is 3. The van der Waals surface area contributed by atoms with Gasteiger partial charge in [-0.2, -0.15) is 4.31 Å². The molecule has 2 aromatic carbocycles. The van der Waals surface area contributed by atoms with E-state index in [2.05, 4.69) is 12.2 Å². The normalized spacial score (nSPS) is 11.5. The van der Waals surface area contributed by atoms with Gasteiger partial charge in [-0.15, -0.1) is 0 Å². The van der Waals surface area contributed by atoms with E-state index >= 15 is 0 Å². The van der Waals surface area contributed by atoms with Gasteiger partial charge in [0, 0.05) is 12.2 Å². The maximum Gasteiger partial charge on any atom is 0.239 e. The molecule has 0 aliphatic carbocycles. The Hall–Kier alpha value is -2.18. The molecule has 0 atom stereocenters. The maximum atomic E-state index is 12.3. The number of aryl methyl sites for hydroxylation is 2. The number of hydrogen-bond donors (Lipinski definition) is 1. The Balaban J connectivity index is 2.05. The third-order valence-electron chi connectivity index (χ3n) is 3.91. The third kappa shape index (κ3) is 5.99. The number of nitrogens with one attached hydrogen (secondary N) is 1. The molecular formula is C19H24N2O3S. The molecule has 0 aliphatic rings. The SMILES string of the molecule is CCc1ccc(NC(=O)CN(Cc2ccc(C)cc2)S(C)(=O)=O)cc1. The van der Waals surface area contributed by atoms with Crippen molar-refractivity contribution in [2.75, 3.05) is 18.1 Å². The van der Waals surface area contributed by atoms with Crippen molar-refractivity contribution in [3.63, 3.8) is 0 Å². The van der Waals surface area contributed by atoms with Crippen molar-refractivity contribution in [2.45, 2.75) is 26.8 Å².